The molecule has 1 atom stereocenters. The molecule has 6 heteroatoms. The largest absolute Gasteiger partial charge is 0.462 e. The number of unbranched alkanes of at least 4 members (excludes halogenated alkanes) is 41. The summed E-state index contributed by atoms with van der Waals surface area (Å²) in [5, 5.41) is 0. The number of hydrogen-bond acceptors (Lipinski definition) is 6. The lowest BCUT2D eigenvalue weighted by molar-refractivity contribution is -0.167. The molecule has 0 aliphatic heterocycles. The third kappa shape index (κ3) is 65.7. The SMILES string of the molecule is CC/C=C\C/C=C\C/C=C\CCCCCCCCCC(=O)OC(COC(=O)CCCCCCC/C=C\CCCCC)COC(=O)CCCCCCCCCCCCCCCCCCCCCCC/C=C\C/C=C\CCCCCCC. The number of ether oxygens (including phenoxy) is 3. The molecule has 0 N–H and O–H groups in total. The molecule has 0 aromatic rings. The van der Waals surface area contributed by atoms with Crippen molar-refractivity contribution >= 4 is 17.9 Å². The van der Waals surface area contributed by atoms with Crippen LogP contribution in [0.2, 0.25) is 0 Å². The van der Waals surface area contributed by atoms with Crippen LogP contribution in [0.1, 0.15) is 361 Å². The van der Waals surface area contributed by atoms with E-state index in [1.165, 1.54) is 225 Å². The number of allylic oxidation sites excluding steroid dienone is 12. The highest BCUT2D eigenvalue weighted by molar-refractivity contribution is 5.71. The van der Waals surface area contributed by atoms with Crippen LogP contribution in [-0.4, -0.2) is 37.2 Å². The van der Waals surface area contributed by atoms with Crippen LogP contribution in [-0.2, 0) is 28.6 Å². The maximum atomic E-state index is 12.9. The van der Waals surface area contributed by atoms with Crippen molar-refractivity contribution in [3.63, 3.8) is 0 Å². The summed E-state index contributed by atoms with van der Waals surface area (Å²) >= 11 is 0. The molecule has 0 radical (unpaired) electrons. The van der Waals surface area contributed by atoms with Crippen molar-refractivity contribution in [2.75, 3.05) is 13.2 Å². The summed E-state index contributed by atoms with van der Waals surface area (Å²) in [6.45, 7) is 6.52. The van der Waals surface area contributed by atoms with Crippen molar-refractivity contribution < 1.29 is 28.6 Å². The minimum atomic E-state index is -0.783. The Labute approximate surface area is 497 Å². The van der Waals surface area contributed by atoms with Crippen molar-refractivity contribution in [1.29, 1.82) is 0 Å². The second-order valence-corrected chi connectivity index (χ2v) is 23.4. The van der Waals surface area contributed by atoms with E-state index in [1.54, 1.807) is 0 Å². The van der Waals surface area contributed by atoms with Crippen LogP contribution in [0.5, 0.6) is 0 Å². The van der Waals surface area contributed by atoms with Gasteiger partial charge < -0.3 is 14.2 Å². The van der Waals surface area contributed by atoms with Gasteiger partial charge in [-0.2, -0.15) is 0 Å². The van der Waals surface area contributed by atoms with Gasteiger partial charge >= 0.3 is 17.9 Å². The summed E-state index contributed by atoms with van der Waals surface area (Å²) in [6, 6.07) is 0. The van der Waals surface area contributed by atoms with Crippen LogP contribution >= 0.6 is 0 Å². The molecule has 0 aromatic carbocycles. The van der Waals surface area contributed by atoms with Crippen LogP contribution in [0.25, 0.3) is 0 Å². The molecule has 0 amide bonds. The fourth-order valence-corrected chi connectivity index (χ4v) is 10.2. The lowest BCUT2D eigenvalue weighted by Crippen LogP contribution is -2.30. The number of rotatable bonds is 64. The van der Waals surface area contributed by atoms with E-state index in [4.69, 9.17) is 14.2 Å². The average Bonchev–Trinajstić information content (AvgIpc) is 3.46. The van der Waals surface area contributed by atoms with Crippen LogP contribution in [0.4, 0.5) is 0 Å². The van der Waals surface area contributed by atoms with Gasteiger partial charge in [-0.05, 0) is 109 Å². The monoisotopic (exact) mass is 1120 g/mol. The predicted octanol–water partition coefficient (Wildman–Crippen LogP) is 24.1. The number of carbonyl (C=O) groups is 3. The van der Waals surface area contributed by atoms with E-state index in [0.717, 1.165) is 96.3 Å². The zero-order chi connectivity index (χ0) is 57.8. The first kappa shape index (κ1) is 76.9. The average molecular weight is 1120 g/mol. The Morgan fingerprint density at radius 1 is 0.263 bits per heavy atom. The van der Waals surface area contributed by atoms with Crippen LogP contribution < -0.4 is 0 Å². The minimum absolute atomic E-state index is 0.0787. The summed E-state index contributed by atoms with van der Waals surface area (Å²) in [6.07, 6.45) is 89.4. The summed E-state index contributed by atoms with van der Waals surface area (Å²) in [7, 11) is 0. The maximum Gasteiger partial charge on any atom is 0.306 e. The Morgan fingerprint density at radius 2 is 0.487 bits per heavy atom. The van der Waals surface area contributed by atoms with Gasteiger partial charge in [0, 0.05) is 19.3 Å². The lowest BCUT2D eigenvalue weighted by Gasteiger charge is -2.18. The van der Waals surface area contributed by atoms with Gasteiger partial charge in [0.1, 0.15) is 13.2 Å². The van der Waals surface area contributed by atoms with Crippen molar-refractivity contribution in [2.24, 2.45) is 0 Å². The molecule has 0 heterocycles. The summed E-state index contributed by atoms with van der Waals surface area (Å²) < 4.78 is 16.9. The third-order valence-corrected chi connectivity index (χ3v) is 15.4. The maximum absolute atomic E-state index is 12.9. The van der Waals surface area contributed by atoms with Gasteiger partial charge in [0.25, 0.3) is 0 Å². The lowest BCUT2D eigenvalue weighted by atomic mass is 10.0. The molecule has 6 nitrogen and oxygen atoms in total. The van der Waals surface area contributed by atoms with Gasteiger partial charge in [-0.25, -0.2) is 0 Å². The van der Waals surface area contributed by atoms with Gasteiger partial charge in [-0.1, -0.05) is 306 Å². The molecule has 1 unspecified atom stereocenters. The quantitative estimate of drug-likeness (QED) is 0.0261. The molecule has 0 rings (SSSR count). The molecule has 80 heavy (non-hydrogen) atoms. The second kappa shape index (κ2) is 68.3. The number of carbonyl (C=O) groups excluding carboxylic acids is 3. The topological polar surface area (TPSA) is 78.9 Å². The van der Waals surface area contributed by atoms with Crippen LogP contribution in [0, 0.1) is 0 Å². The number of esters is 3. The van der Waals surface area contributed by atoms with Crippen molar-refractivity contribution in [1.82, 2.24) is 0 Å². The minimum Gasteiger partial charge on any atom is -0.462 e. The standard InChI is InChI=1S/C74H132O6/c1-4-7-10-13-16-19-22-25-27-29-30-31-32-33-34-35-36-37-38-39-40-41-42-43-44-46-47-49-52-55-58-61-64-67-73(76)79-70-71(69-78-72(75)66-63-60-57-54-51-24-21-18-15-12-9-6-3)80-74(77)68-65-62-59-56-53-50-48-45-28-26-23-20-17-14-11-8-5-2/h8,11,17-18,20-22,25-26,28-30,71H,4-7,9-10,12-16,19,23-24,27,31-70H2,1-3H3/b11-8-,20-17-,21-18-,25-22-,28-26-,30-29-. The molecule has 0 fully saturated rings. The van der Waals surface area contributed by atoms with E-state index in [-0.39, 0.29) is 31.1 Å². The molecular formula is C74H132O6. The van der Waals surface area contributed by atoms with Gasteiger partial charge in [0.2, 0.25) is 0 Å². The summed E-state index contributed by atoms with van der Waals surface area (Å²) in [5.41, 5.74) is 0. The first-order chi connectivity index (χ1) is 39.5. The Morgan fingerprint density at radius 3 is 0.800 bits per heavy atom. The zero-order valence-electron chi connectivity index (χ0n) is 53.3. The highest BCUT2D eigenvalue weighted by Crippen LogP contribution is 2.18. The van der Waals surface area contributed by atoms with E-state index >= 15 is 0 Å². The molecule has 0 saturated heterocycles. The first-order valence-electron chi connectivity index (χ1n) is 34.9. The van der Waals surface area contributed by atoms with Crippen LogP contribution in [0.15, 0.2) is 72.9 Å². The van der Waals surface area contributed by atoms with Crippen molar-refractivity contribution in [3.8, 4) is 0 Å². The molecule has 0 aromatic heterocycles. The molecule has 0 saturated carbocycles. The summed E-state index contributed by atoms with van der Waals surface area (Å²) in [5.74, 6) is -0.881. The van der Waals surface area contributed by atoms with Crippen LogP contribution in [0.3, 0.4) is 0 Å². The molecule has 0 aliphatic carbocycles. The highest BCUT2D eigenvalue weighted by atomic mass is 16.6. The normalized spacial score (nSPS) is 12.5. The fourth-order valence-electron chi connectivity index (χ4n) is 10.2. The Balaban J connectivity index is 4.12. The fraction of sp³-hybridized carbons (Fsp3) is 0.797. The van der Waals surface area contributed by atoms with Gasteiger partial charge in [0.15, 0.2) is 6.10 Å². The molecule has 0 bridgehead atoms. The summed E-state index contributed by atoms with van der Waals surface area (Å²) in [4.78, 5) is 38.3. The van der Waals surface area contributed by atoms with E-state index in [0.29, 0.717) is 19.3 Å². The Kier molecular flexibility index (Phi) is 65.7. The zero-order valence-corrected chi connectivity index (χ0v) is 53.3. The second-order valence-electron chi connectivity index (χ2n) is 23.4. The smallest absolute Gasteiger partial charge is 0.306 e. The van der Waals surface area contributed by atoms with E-state index in [9.17, 15) is 14.4 Å². The Bertz CT molecular complexity index is 1470. The molecule has 0 spiro atoms. The van der Waals surface area contributed by atoms with Gasteiger partial charge in [0.05, 0.1) is 0 Å². The van der Waals surface area contributed by atoms with E-state index in [2.05, 4.69) is 93.7 Å². The van der Waals surface area contributed by atoms with Gasteiger partial charge in [-0.3, -0.25) is 14.4 Å². The van der Waals surface area contributed by atoms with Gasteiger partial charge in [-0.15, -0.1) is 0 Å². The molecule has 464 valence electrons. The Hall–Kier alpha value is -3.15. The predicted molar refractivity (Wildman–Crippen MR) is 348 cm³/mol. The number of hydrogen-bond donors (Lipinski definition) is 0. The van der Waals surface area contributed by atoms with E-state index in [1.807, 2.05) is 0 Å². The third-order valence-electron chi connectivity index (χ3n) is 15.4. The highest BCUT2D eigenvalue weighted by Gasteiger charge is 2.19. The van der Waals surface area contributed by atoms with E-state index < -0.39 is 6.10 Å². The molecular weight excluding hydrogens is 985 g/mol. The van der Waals surface area contributed by atoms with Crippen molar-refractivity contribution in [3.05, 3.63) is 72.9 Å². The first-order valence-corrected chi connectivity index (χ1v) is 34.9. The molecule has 0 aliphatic rings. The van der Waals surface area contributed by atoms with Crippen molar-refractivity contribution in [2.45, 2.75) is 367 Å².